The Morgan fingerprint density at radius 3 is 2.86 bits per heavy atom. The van der Waals surface area contributed by atoms with Crippen LogP contribution in [0.3, 0.4) is 0 Å². The van der Waals surface area contributed by atoms with Gasteiger partial charge in [0.25, 0.3) is 5.69 Å². The first-order chi connectivity index (χ1) is 10.1. The smallest absolute Gasteiger partial charge is 0.338 e. The van der Waals surface area contributed by atoms with Gasteiger partial charge in [-0.25, -0.2) is 9.78 Å². The van der Waals surface area contributed by atoms with Crippen molar-refractivity contribution < 1.29 is 14.8 Å². The molecular formula is C13H11N3O4S. The molecule has 1 aromatic carbocycles. The molecule has 1 heterocycles. The van der Waals surface area contributed by atoms with Crippen LogP contribution in [0.2, 0.25) is 0 Å². The summed E-state index contributed by atoms with van der Waals surface area (Å²) in [6, 6.07) is 3.95. The number of carboxylic acid groups (broad SMARTS) is 1. The summed E-state index contributed by atoms with van der Waals surface area (Å²) in [6.45, 7) is 0. The minimum absolute atomic E-state index is 0.0355. The van der Waals surface area contributed by atoms with Gasteiger partial charge in [0.1, 0.15) is 5.69 Å². The summed E-state index contributed by atoms with van der Waals surface area (Å²) in [6.07, 6.45) is 2.21. The van der Waals surface area contributed by atoms with E-state index in [1.165, 1.54) is 29.5 Å². The number of rotatable bonds is 5. The number of carbonyl (C=O) groups is 1. The monoisotopic (exact) mass is 305 g/mol. The third-order valence-corrected chi connectivity index (χ3v) is 4.00. The quantitative estimate of drug-likeness (QED) is 0.648. The molecule has 21 heavy (non-hydrogen) atoms. The fourth-order valence-electron chi connectivity index (χ4n) is 2.02. The summed E-state index contributed by atoms with van der Waals surface area (Å²) in [5.41, 5.74) is 0.495. The number of nitro groups is 1. The molecule has 0 saturated heterocycles. The molecule has 2 aromatic rings. The van der Waals surface area contributed by atoms with Crippen LogP contribution >= 0.6 is 11.3 Å². The van der Waals surface area contributed by atoms with Crippen LogP contribution in [0.1, 0.15) is 34.8 Å². The highest BCUT2D eigenvalue weighted by molar-refractivity contribution is 7.13. The maximum Gasteiger partial charge on any atom is 0.338 e. The number of aromatic nitrogens is 1. The zero-order valence-corrected chi connectivity index (χ0v) is 11.6. The van der Waals surface area contributed by atoms with E-state index in [4.69, 9.17) is 0 Å². The first-order valence-corrected chi connectivity index (χ1v) is 7.17. The molecule has 8 heteroatoms. The molecular weight excluding hydrogens is 294 g/mol. The van der Waals surface area contributed by atoms with Crippen molar-refractivity contribution in [2.75, 3.05) is 5.32 Å². The Hall–Kier alpha value is -2.48. The van der Waals surface area contributed by atoms with Crippen LogP contribution in [0, 0.1) is 10.1 Å². The van der Waals surface area contributed by atoms with Crippen LogP contribution in [-0.4, -0.2) is 21.0 Å². The molecule has 0 amide bonds. The number of hydrogen-bond acceptors (Lipinski definition) is 6. The first-order valence-electron chi connectivity index (χ1n) is 6.29. The van der Waals surface area contributed by atoms with Crippen molar-refractivity contribution >= 4 is 33.8 Å². The van der Waals surface area contributed by atoms with Crippen molar-refractivity contribution in [3.63, 3.8) is 0 Å². The maximum absolute atomic E-state index is 11.2. The zero-order valence-electron chi connectivity index (χ0n) is 10.8. The van der Waals surface area contributed by atoms with Gasteiger partial charge >= 0.3 is 5.97 Å². The number of nitrogens with one attached hydrogen (secondary N) is 1. The molecule has 3 rings (SSSR count). The van der Waals surface area contributed by atoms with Crippen molar-refractivity contribution in [1.82, 2.24) is 4.98 Å². The molecule has 108 valence electrons. The number of nitrogens with zero attached hydrogens (tertiary/aromatic N) is 2. The second-order valence-electron chi connectivity index (χ2n) is 4.74. The van der Waals surface area contributed by atoms with Crippen molar-refractivity contribution in [2.45, 2.75) is 18.8 Å². The minimum Gasteiger partial charge on any atom is -0.478 e. The Morgan fingerprint density at radius 1 is 1.48 bits per heavy atom. The topological polar surface area (TPSA) is 105 Å². The largest absolute Gasteiger partial charge is 0.478 e. The molecule has 1 fully saturated rings. The minimum atomic E-state index is -1.22. The molecule has 0 atom stereocenters. The molecule has 1 aliphatic rings. The Balaban J connectivity index is 1.98. The van der Waals surface area contributed by atoms with Crippen molar-refractivity contribution in [3.8, 4) is 0 Å². The van der Waals surface area contributed by atoms with Crippen molar-refractivity contribution in [2.24, 2.45) is 0 Å². The molecule has 2 N–H and O–H groups in total. The van der Waals surface area contributed by atoms with Crippen molar-refractivity contribution in [3.05, 3.63) is 45.0 Å². The van der Waals surface area contributed by atoms with Gasteiger partial charge in [0.2, 0.25) is 0 Å². The van der Waals surface area contributed by atoms with E-state index in [0.717, 1.165) is 18.5 Å². The normalized spacial score (nSPS) is 13.9. The van der Waals surface area contributed by atoms with E-state index in [9.17, 15) is 20.0 Å². The molecule has 0 aliphatic heterocycles. The van der Waals surface area contributed by atoms with Crippen LogP contribution in [0.15, 0.2) is 23.6 Å². The highest BCUT2D eigenvalue weighted by Crippen LogP contribution is 2.41. The second kappa shape index (κ2) is 5.13. The SMILES string of the molecule is O=C(O)c1cccc([N+](=O)[O-])c1Nc1nc(C2CC2)cs1. The van der Waals surface area contributed by atoms with Gasteiger partial charge in [-0.2, -0.15) is 0 Å². The molecule has 1 aromatic heterocycles. The number of anilines is 2. The number of para-hydroxylation sites is 1. The number of hydrogen-bond donors (Lipinski definition) is 2. The van der Waals surface area contributed by atoms with Crippen molar-refractivity contribution in [1.29, 1.82) is 0 Å². The molecule has 1 aliphatic carbocycles. The predicted molar refractivity (Wildman–Crippen MR) is 77.4 cm³/mol. The number of aromatic carboxylic acids is 1. The number of carboxylic acids is 1. The fraction of sp³-hybridized carbons (Fsp3) is 0.231. The third kappa shape index (κ3) is 2.70. The lowest BCUT2D eigenvalue weighted by molar-refractivity contribution is -0.383. The fourth-order valence-corrected chi connectivity index (χ4v) is 2.82. The Bertz CT molecular complexity index is 692. The summed E-state index contributed by atoms with van der Waals surface area (Å²) in [7, 11) is 0. The Kier molecular flexibility index (Phi) is 3.30. The van der Waals surface area contributed by atoms with E-state index in [1.54, 1.807) is 0 Å². The standard InChI is InChI=1S/C13H11N3O4S/c17-12(18)8-2-1-3-10(16(19)20)11(8)15-13-14-9(6-21-13)7-4-5-7/h1-3,6-7H,4-5H2,(H,14,15)(H,17,18). The van der Waals surface area contributed by atoms with Crippen LogP contribution in [-0.2, 0) is 0 Å². The van der Waals surface area contributed by atoms with Gasteiger partial charge < -0.3 is 10.4 Å². The average molecular weight is 305 g/mol. The number of nitro benzene ring substituents is 1. The molecule has 0 unspecified atom stereocenters. The van der Waals surface area contributed by atoms with Gasteiger partial charge in [-0.05, 0) is 18.9 Å². The molecule has 0 spiro atoms. The first kappa shape index (κ1) is 13.5. The van der Waals surface area contributed by atoms with E-state index < -0.39 is 10.9 Å². The molecule has 1 saturated carbocycles. The summed E-state index contributed by atoms with van der Waals surface area (Å²) < 4.78 is 0. The van der Waals surface area contributed by atoms with Crippen LogP contribution in [0.25, 0.3) is 0 Å². The lowest BCUT2D eigenvalue weighted by Crippen LogP contribution is -2.05. The maximum atomic E-state index is 11.2. The number of benzene rings is 1. The highest BCUT2D eigenvalue weighted by Gasteiger charge is 2.27. The summed E-state index contributed by atoms with van der Waals surface area (Å²) in [5, 5.41) is 25.4. The average Bonchev–Trinajstić information content (AvgIpc) is 3.19. The zero-order chi connectivity index (χ0) is 15.0. The Morgan fingerprint density at radius 2 is 2.24 bits per heavy atom. The summed E-state index contributed by atoms with van der Waals surface area (Å²) >= 11 is 1.32. The van der Waals surface area contributed by atoms with Crippen LogP contribution < -0.4 is 5.32 Å². The van der Waals surface area contributed by atoms with Gasteiger partial charge in [-0.15, -0.1) is 11.3 Å². The van der Waals surface area contributed by atoms with E-state index in [0.29, 0.717) is 11.0 Å². The van der Waals surface area contributed by atoms with E-state index in [-0.39, 0.29) is 16.9 Å². The molecule has 7 nitrogen and oxygen atoms in total. The van der Waals surface area contributed by atoms with Crippen LogP contribution in [0.5, 0.6) is 0 Å². The van der Waals surface area contributed by atoms with Crippen LogP contribution in [0.4, 0.5) is 16.5 Å². The van der Waals surface area contributed by atoms with Gasteiger partial charge in [-0.1, -0.05) is 6.07 Å². The van der Waals surface area contributed by atoms with Gasteiger partial charge in [0, 0.05) is 17.4 Å². The lowest BCUT2D eigenvalue weighted by Gasteiger charge is -2.07. The van der Waals surface area contributed by atoms with E-state index >= 15 is 0 Å². The van der Waals surface area contributed by atoms with Gasteiger partial charge in [0.05, 0.1) is 16.2 Å². The van der Waals surface area contributed by atoms with E-state index in [2.05, 4.69) is 10.3 Å². The highest BCUT2D eigenvalue weighted by atomic mass is 32.1. The molecule has 0 radical (unpaired) electrons. The predicted octanol–water partition coefficient (Wildman–Crippen LogP) is 3.37. The summed E-state index contributed by atoms with van der Waals surface area (Å²) in [4.78, 5) is 26.0. The molecule has 0 bridgehead atoms. The van der Waals surface area contributed by atoms with Gasteiger partial charge in [0.15, 0.2) is 5.13 Å². The number of thiazole rings is 1. The van der Waals surface area contributed by atoms with Gasteiger partial charge in [-0.3, -0.25) is 10.1 Å². The summed E-state index contributed by atoms with van der Waals surface area (Å²) in [5.74, 6) is -0.748. The Labute approximate surface area is 123 Å². The second-order valence-corrected chi connectivity index (χ2v) is 5.60. The third-order valence-electron chi connectivity index (χ3n) is 3.22. The lowest BCUT2D eigenvalue weighted by atomic mass is 10.1. The van der Waals surface area contributed by atoms with E-state index in [1.807, 2.05) is 5.38 Å².